The summed E-state index contributed by atoms with van der Waals surface area (Å²) in [7, 11) is 1.94. The minimum atomic E-state index is 0.227. The Morgan fingerprint density at radius 2 is 2.67 bits per heavy atom. The molecule has 0 amide bonds. The van der Waals surface area contributed by atoms with Gasteiger partial charge in [-0.2, -0.15) is 0 Å². The van der Waals surface area contributed by atoms with E-state index in [1.165, 1.54) is 0 Å². The van der Waals surface area contributed by atoms with E-state index in [-0.39, 0.29) is 6.04 Å². The molecule has 2 atom stereocenters. The Morgan fingerprint density at radius 3 is 2.89 bits per heavy atom. The van der Waals surface area contributed by atoms with Crippen molar-refractivity contribution in [2.75, 3.05) is 7.05 Å². The number of hydrazone groups is 1. The van der Waals surface area contributed by atoms with Crippen molar-refractivity contribution in [1.82, 2.24) is 15.7 Å². The number of hydrogen-bond acceptors (Lipinski definition) is 5. The van der Waals surface area contributed by atoms with Crippen molar-refractivity contribution in [3.63, 3.8) is 0 Å². The molecule has 3 aliphatic heterocycles. The molecule has 4 nitrogen and oxygen atoms in total. The van der Waals surface area contributed by atoms with E-state index < -0.39 is 0 Å². The lowest BCUT2D eigenvalue weighted by molar-refractivity contribution is -0.00962. The van der Waals surface area contributed by atoms with E-state index >= 15 is 0 Å². The highest BCUT2D eigenvalue weighted by molar-refractivity contribution is 7.79. The molecular formula is C4H6N4S. The van der Waals surface area contributed by atoms with Crippen LogP contribution in [-0.4, -0.2) is 34.4 Å². The zero-order chi connectivity index (χ0) is 6.43. The molecule has 2 unspecified atom stereocenters. The second-order valence-electron chi connectivity index (χ2n) is 2.02. The first kappa shape index (κ1) is 5.13. The van der Waals surface area contributed by atoms with Crippen LogP contribution in [0.15, 0.2) is 5.10 Å². The number of hydrogen-bond donors (Lipinski definition) is 1. The standard InChI is InChI=1S/C4H6N4S/c1-7-4-3(2-9)8(7)6-5-4/h2-3,6H,1H3. The topological polar surface area (TPSA) is 30.9 Å². The molecule has 1 saturated heterocycles. The van der Waals surface area contributed by atoms with Gasteiger partial charge in [0.25, 0.3) is 0 Å². The lowest BCUT2D eigenvalue weighted by atomic mass is 10.2. The normalized spacial score (nSPS) is 37.0. The van der Waals surface area contributed by atoms with Crippen LogP contribution in [-0.2, 0) is 0 Å². The molecule has 1 fully saturated rings. The molecule has 0 aliphatic carbocycles. The maximum Gasteiger partial charge on any atom is 0.168 e. The van der Waals surface area contributed by atoms with Crippen LogP contribution in [0.3, 0.4) is 0 Å². The van der Waals surface area contributed by atoms with Gasteiger partial charge < -0.3 is 0 Å². The van der Waals surface area contributed by atoms with Crippen LogP contribution < -0.4 is 5.53 Å². The van der Waals surface area contributed by atoms with Crippen LogP contribution >= 0.6 is 12.2 Å². The van der Waals surface area contributed by atoms with Gasteiger partial charge in [-0.05, 0) is 0 Å². The summed E-state index contributed by atoms with van der Waals surface area (Å²) in [6.07, 6.45) is 0. The lowest BCUT2D eigenvalue weighted by Gasteiger charge is -2.39. The third kappa shape index (κ3) is 0.416. The van der Waals surface area contributed by atoms with Gasteiger partial charge in [-0.15, -0.1) is 10.2 Å². The van der Waals surface area contributed by atoms with E-state index in [0.29, 0.717) is 0 Å². The predicted molar refractivity (Wildman–Crippen MR) is 37.6 cm³/mol. The van der Waals surface area contributed by atoms with Gasteiger partial charge in [0.1, 0.15) is 6.04 Å². The van der Waals surface area contributed by atoms with Crippen LogP contribution in [0.4, 0.5) is 0 Å². The molecule has 3 heterocycles. The summed E-state index contributed by atoms with van der Waals surface area (Å²) in [6, 6.07) is 0.227. The highest BCUT2D eigenvalue weighted by Gasteiger charge is 2.44. The van der Waals surface area contributed by atoms with E-state index in [1.54, 1.807) is 5.37 Å². The molecule has 9 heavy (non-hydrogen) atoms. The third-order valence-corrected chi connectivity index (χ3v) is 1.84. The molecule has 0 radical (unpaired) electrons. The Kier molecular flexibility index (Phi) is 0.813. The quantitative estimate of drug-likeness (QED) is 0.493. The van der Waals surface area contributed by atoms with Crippen LogP contribution in [0.1, 0.15) is 0 Å². The Morgan fingerprint density at radius 1 is 1.89 bits per heavy atom. The van der Waals surface area contributed by atoms with Crippen molar-refractivity contribution in [2.24, 2.45) is 5.10 Å². The largest absolute Gasteiger partial charge is 0.273 e. The van der Waals surface area contributed by atoms with Gasteiger partial charge in [-0.3, -0.25) is 5.01 Å². The van der Waals surface area contributed by atoms with Crippen LogP contribution in [0.2, 0.25) is 0 Å². The highest BCUT2D eigenvalue weighted by atomic mass is 32.1. The van der Waals surface area contributed by atoms with Gasteiger partial charge in [0.2, 0.25) is 0 Å². The van der Waals surface area contributed by atoms with E-state index in [9.17, 15) is 0 Å². The van der Waals surface area contributed by atoms with Crippen molar-refractivity contribution in [1.29, 1.82) is 0 Å². The maximum atomic E-state index is 4.76. The minimum Gasteiger partial charge on any atom is -0.273 e. The van der Waals surface area contributed by atoms with Crippen molar-refractivity contribution >= 4 is 23.4 Å². The predicted octanol–water partition coefficient (Wildman–Crippen LogP) is -0.651. The molecule has 0 aromatic carbocycles. The Labute approximate surface area is 58.1 Å². The number of thiocarbonyl (C=S) groups is 1. The highest BCUT2D eigenvalue weighted by Crippen LogP contribution is 2.20. The number of likely N-dealkylation sites (N-methyl/N-ethyl adjacent to an activating group) is 1. The molecule has 0 aromatic heterocycles. The lowest BCUT2D eigenvalue weighted by Crippen LogP contribution is -2.64. The second kappa shape index (κ2) is 1.43. The molecular weight excluding hydrogens is 136 g/mol. The molecule has 0 aromatic rings. The summed E-state index contributed by atoms with van der Waals surface area (Å²) in [5.41, 5.74) is 2.79. The fourth-order valence-electron chi connectivity index (χ4n) is 1.03. The number of hydrazine groups is 2. The number of nitrogens with zero attached hydrogens (tertiary/aromatic N) is 3. The summed E-state index contributed by atoms with van der Waals surface area (Å²) >= 11 is 4.76. The molecule has 0 saturated carbocycles. The first-order valence-corrected chi connectivity index (χ1v) is 3.13. The van der Waals surface area contributed by atoms with E-state index in [2.05, 4.69) is 10.6 Å². The summed E-state index contributed by atoms with van der Waals surface area (Å²) in [4.78, 5) is 0. The van der Waals surface area contributed by atoms with E-state index in [4.69, 9.17) is 12.2 Å². The summed E-state index contributed by atoms with van der Waals surface area (Å²) < 4.78 is 0. The van der Waals surface area contributed by atoms with Crippen LogP contribution in [0.5, 0.6) is 0 Å². The Bertz CT molecular complexity index is 189. The van der Waals surface area contributed by atoms with Crippen LogP contribution in [0, 0.1) is 0 Å². The minimum absolute atomic E-state index is 0.227. The maximum absolute atomic E-state index is 4.76. The molecule has 3 aliphatic rings. The van der Waals surface area contributed by atoms with Gasteiger partial charge in [-0.1, -0.05) is 12.2 Å². The summed E-state index contributed by atoms with van der Waals surface area (Å²) in [6.45, 7) is 0. The molecule has 1 N–H and O–H groups in total. The SMILES string of the molecule is CN1C2=NNN1C2C=S. The number of fused-ring (bicyclic) bond motifs is 1. The molecule has 3 rings (SSSR count). The first-order chi connectivity index (χ1) is 4.34. The molecule has 2 bridgehead atoms. The smallest absolute Gasteiger partial charge is 0.168 e. The summed E-state index contributed by atoms with van der Waals surface area (Å²) in [5, 5.41) is 9.44. The number of amidine groups is 1. The zero-order valence-corrected chi connectivity index (χ0v) is 5.72. The Balaban J connectivity index is 2.24. The second-order valence-corrected chi connectivity index (χ2v) is 2.29. The van der Waals surface area contributed by atoms with E-state index in [0.717, 1.165) is 5.84 Å². The van der Waals surface area contributed by atoms with Gasteiger partial charge >= 0.3 is 0 Å². The zero-order valence-electron chi connectivity index (χ0n) is 4.90. The first-order valence-electron chi connectivity index (χ1n) is 2.66. The average Bonchev–Trinajstić information content (AvgIpc) is 2.41. The van der Waals surface area contributed by atoms with Gasteiger partial charge in [0.05, 0.1) is 0 Å². The monoisotopic (exact) mass is 142 g/mol. The van der Waals surface area contributed by atoms with Crippen molar-refractivity contribution in [2.45, 2.75) is 6.04 Å². The van der Waals surface area contributed by atoms with Crippen molar-refractivity contribution in [3.05, 3.63) is 0 Å². The number of nitrogens with one attached hydrogen (secondary N) is 1. The number of rotatable bonds is 1. The van der Waals surface area contributed by atoms with Crippen molar-refractivity contribution in [3.8, 4) is 0 Å². The fourth-order valence-corrected chi connectivity index (χ4v) is 1.27. The average molecular weight is 142 g/mol. The van der Waals surface area contributed by atoms with Gasteiger partial charge in [-0.25, -0.2) is 5.53 Å². The molecule has 0 spiro atoms. The molecule has 48 valence electrons. The van der Waals surface area contributed by atoms with Crippen LogP contribution in [0.25, 0.3) is 0 Å². The van der Waals surface area contributed by atoms with E-state index in [1.807, 2.05) is 17.2 Å². The molecule has 5 heteroatoms. The van der Waals surface area contributed by atoms with Gasteiger partial charge in [0.15, 0.2) is 5.84 Å². The fraction of sp³-hybridized carbons (Fsp3) is 0.500. The van der Waals surface area contributed by atoms with Gasteiger partial charge in [0, 0.05) is 12.4 Å². The summed E-state index contributed by atoms with van der Waals surface area (Å²) in [5.74, 6) is 1.00. The van der Waals surface area contributed by atoms with Crippen molar-refractivity contribution < 1.29 is 0 Å². The Hall–Kier alpha value is -0.680. The third-order valence-electron chi connectivity index (χ3n) is 1.58.